The van der Waals surface area contributed by atoms with E-state index in [0.717, 1.165) is 6.92 Å². The summed E-state index contributed by atoms with van der Waals surface area (Å²) >= 11 is 6.31. The third-order valence-electron chi connectivity index (χ3n) is 4.09. The number of hydrogen-bond acceptors (Lipinski definition) is 8. The van der Waals surface area contributed by atoms with Crippen molar-refractivity contribution in [3.05, 3.63) is 23.0 Å². The van der Waals surface area contributed by atoms with E-state index in [1.165, 1.54) is 6.20 Å². The summed E-state index contributed by atoms with van der Waals surface area (Å²) in [6.07, 6.45) is 1.51. The van der Waals surface area contributed by atoms with Gasteiger partial charge in [0, 0.05) is 19.0 Å². The summed E-state index contributed by atoms with van der Waals surface area (Å²) in [7, 11) is 0. The number of nitrogens with two attached hydrogens (primary N) is 1. The van der Waals surface area contributed by atoms with Crippen LogP contribution in [0.4, 0.5) is 5.82 Å². The number of halogens is 1. The highest BCUT2D eigenvalue weighted by Crippen LogP contribution is 2.38. The summed E-state index contributed by atoms with van der Waals surface area (Å²) in [4.78, 5) is 13.1. The van der Waals surface area contributed by atoms with Crippen LogP contribution < -0.4 is 5.73 Å². The first kappa shape index (κ1) is 20.1. The molecule has 28 heavy (non-hydrogen) atoms. The summed E-state index contributed by atoms with van der Waals surface area (Å²) in [6.45, 7) is 5.42. The maximum Gasteiger partial charge on any atom is 0.300 e. The SMILES string of the molecule is CC(=O)O.CC(C)n1nc(-c2cc(C3(O)COC3)on2)c2c(N)ncc(Cl)c21. The molecule has 0 aliphatic carbocycles. The zero-order valence-corrected chi connectivity index (χ0v) is 16.3. The first-order valence-electron chi connectivity index (χ1n) is 8.43. The molecule has 0 aromatic carbocycles. The highest BCUT2D eigenvalue weighted by Gasteiger charge is 2.42. The van der Waals surface area contributed by atoms with Crippen LogP contribution in [0.5, 0.6) is 0 Å². The number of carboxylic acid groups (broad SMARTS) is 1. The van der Waals surface area contributed by atoms with Gasteiger partial charge in [-0.15, -0.1) is 0 Å². The lowest BCUT2D eigenvalue weighted by Crippen LogP contribution is -2.46. The van der Waals surface area contributed by atoms with Crippen LogP contribution in [0, 0.1) is 0 Å². The van der Waals surface area contributed by atoms with Crippen LogP contribution >= 0.6 is 11.6 Å². The van der Waals surface area contributed by atoms with Crippen molar-refractivity contribution in [3.63, 3.8) is 0 Å². The first-order chi connectivity index (χ1) is 13.1. The Bertz CT molecular complexity index is 1020. The van der Waals surface area contributed by atoms with Crippen molar-refractivity contribution in [1.29, 1.82) is 0 Å². The van der Waals surface area contributed by atoms with Crippen molar-refractivity contribution in [2.75, 3.05) is 18.9 Å². The van der Waals surface area contributed by atoms with Gasteiger partial charge in [-0.3, -0.25) is 9.48 Å². The Balaban J connectivity index is 0.000000516. The molecule has 4 rings (SSSR count). The molecule has 3 aromatic heterocycles. The Hall–Kier alpha value is -2.69. The second kappa shape index (κ2) is 7.38. The summed E-state index contributed by atoms with van der Waals surface area (Å²) < 4.78 is 12.1. The lowest BCUT2D eigenvalue weighted by molar-refractivity contribution is -0.195. The maximum absolute atomic E-state index is 10.3. The first-order valence-corrected chi connectivity index (χ1v) is 8.81. The number of rotatable bonds is 3. The van der Waals surface area contributed by atoms with Gasteiger partial charge in [-0.1, -0.05) is 16.8 Å². The number of pyridine rings is 1. The molecule has 1 saturated heterocycles. The quantitative estimate of drug-likeness (QED) is 0.591. The Labute approximate surface area is 164 Å². The van der Waals surface area contributed by atoms with Gasteiger partial charge in [0.1, 0.15) is 17.2 Å². The van der Waals surface area contributed by atoms with Crippen molar-refractivity contribution in [3.8, 4) is 11.4 Å². The van der Waals surface area contributed by atoms with Gasteiger partial charge in [0.15, 0.2) is 11.4 Å². The number of nitrogens with zero attached hydrogens (tertiary/aromatic N) is 4. The Morgan fingerprint density at radius 2 is 2.07 bits per heavy atom. The van der Waals surface area contributed by atoms with Gasteiger partial charge in [-0.25, -0.2) is 4.98 Å². The number of ether oxygens (including phenoxy) is 1. The lowest BCUT2D eigenvalue weighted by atomic mass is 9.98. The van der Waals surface area contributed by atoms with Crippen molar-refractivity contribution in [2.45, 2.75) is 32.4 Å². The van der Waals surface area contributed by atoms with Gasteiger partial charge >= 0.3 is 0 Å². The van der Waals surface area contributed by atoms with Crippen LogP contribution in [-0.4, -0.2) is 49.3 Å². The fraction of sp³-hybridized carbons (Fsp3) is 0.412. The van der Waals surface area contributed by atoms with Crippen LogP contribution in [0.2, 0.25) is 5.02 Å². The number of anilines is 1. The number of carbonyl (C=O) groups is 1. The predicted molar refractivity (Wildman–Crippen MR) is 101 cm³/mol. The number of nitrogen functional groups attached to an aromatic ring is 1. The fourth-order valence-corrected chi connectivity index (χ4v) is 2.98. The average molecular weight is 410 g/mol. The van der Waals surface area contributed by atoms with Crippen molar-refractivity contribution < 1.29 is 24.3 Å². The molecule has 1 fully saturated rings. The summed E-state index contributed by atoms with van der Waals surface area (Å²) in [5, 5.41) is 27.4. The highest BCUT2D eigenvalue weighted by molar-refractivity contribution is 6.35. The minimum Gasteiger partial charge on any atom is -0.481 e. The van der Waals surface area contributed by atoms with Gasteiger partial charge in [0.2, 0.25) is 0 Å². The number of hydrogen-bond donors (Lipinski definition) is 3. The van der Waals surface area contributed by atoms with Crippen LogP contribution in [-0.2, 0) is 15.1 Å². The molecule has 0 bridgehead atoms. The molecule has 0 saturated carbocycles. The van der Waals surface area contributed by atoms with Gasteiger partial charge in [0.05, 0.1) is 35.3 Å². The van der Waals surface area contributed by atoms with Crippen LogP contribution in [0.1, 0.15) is 32.6 Å². The zero-order valence-electron chi connectivity index (χ0n) is 15.5. The largest absolute Gasteiger partial charge is 0.481 e. The van der Waals surface area contributed by atoms with Crippen LogP contribution in [0.3, 0.4) is 0 Å². The van der Waals surface area contributed by atoms with E-state index in [1.54, 1.807) is 10.7 Å². The molecule has 0 amide bonds. The second-order valence-electron chi connectivity index (χ2n) is 6.72. The minimum absolute atomic E-state index is 0.0659. The van der Waals surface area contributed by atoms with E-state index < -0.39 is 11.6 Å². The zero-order chi connectivity index (χ0) is 20.6. The van der Waals surface area contributed by atoms with Gasteiger partial charge < -0.3 is 25.2 Å². The third kappa shape index (κ3) is 3.53. The normalized spacial score (nSPS) is 15.2. The topological polar surface area (TPSA) is 150 Å². The summed E-state index contributed by atoms with van der Waals surface area (Å²) in [6, 6.07) is 1.71. The smallest absolute Gasteiger partial charge is 0.300 e. The Kier molecular flexibility index (Phi) is 5.28. The maximum atomic E-state index is 10.3. The van der Waals surface area contributed by atoms with Gasteiger partial charge in [0.25, 0.3) is 5.97 Å². The number of aliphatic carboxylic acids is 1. The molecule has 3 aromatic rings. The van der Waals surface area contributed by atoms with E-state index in [1.807, 2.05) is 13.8 Å². The fourth-order valence-electron chi connectivity index (χ4n) is 2.75. The molecule has 11 heteroatoms. The van der Waals surface area contributed by atoms with Gasteiger partial charge in [-0.05, 0) is 13.8 Å². The molecule has 150 valence electrons. The Morgan fingerprint density at radius 1 is 1.43 bits per heavy atom. The molecule has 4 N–H and O–H groups in total. The van der Waals surface area contributed by atoms with Gasteiger partial charge in [-0.2, -0.15) is 5.10 Å². The van der Waals surface area contributed by atoms with E-state index in [9.17, 15) is 5.11 Å². The molecule has 10 nitrogen and oxygen atoms in total. The van der Waals surface area contributed by atoms with Crippen LogP contribution in [0.15, 0.2) is 16.8 Å². The molecule has 4 heterocycles. The molecule has 1 aliphatic heterocycles. The molecule has 1 aliphatic rings. The van der Waals surface area contributed by atoms with E-state index in [2.05, 4.69) is 15.2 Å². The molecule has 0 atom stereocenters. The van der Waals surface area contributed by atoms with Crippen molar-refractivity contribution in [2.24, 2.45) is 0 Å². The van der Waals surface area contributed by atoms with Crippen molar-refractivity contribution >= 4 is 34.3 Å². The number of aliphatic hydroxyl groups is 1. The summed E-state index contributed by atoms with van der Waals surface area (Å²) in [5.74, 6) is -0.184. The molecular formula is C17H20ClN5O5. The predicted octanol–water partition coefficient (Wildman–Crippen LogP) is 2.21. The standard InChI is InChI=1S/C15H16ClN5O3.C2H4O2/c1-7(2)21-13-8(16)4-18-14(17)11(13)12(19-21)9-3-10(24-20-9)15(22)5-23-6-15;1-2(3)4/h3-4,7,22H,5-6H2,1-2H3,(H2,17,18);1H3,(H,3,4). The van der Waals surface area contributed by atoms with Crippen molar-refractivity contribution in [1.82, 2.24) is 19.9 Å². The summed E-state index contributed by atoms with van der Waals surface area (Å²) in [5.41, 5.74) is 6.60. The Morgan fingerprint density at radius 3 is 2.61 bits per heavy atom. The molecule has 0 spiro atoms. The van der Waals surface area contributed by atoms with E-state index in [0.29, 0.717) is 38.9 Å². The molecular weight excluding hydrogens is 390 g/mol. The second-order valence-corrected chi connectivity index (χ2v) is 7.13. The molecule has 0 unspecified atom stereocenters. The third-order valence-corrected chi connectivity index (χ3v) is 4.37. The number of aromatic nitrogens is 4. The molecule has 0 radical (unpaired) electrons. The average Bonchev–Trinajstić information content (AvgIpc) is 3.20. The van der Waals surface area contributed by atoms with E-state index in [4.69, 9.17) is 36.5 Å². The van der Waals surface area contributed by atoms with E-state index >= 15 is 0 Å². The number of carboxylic acids is 1. The minimum atomic E-state index is -1.14. The lowest BCUT2D eigenvalue weighted by Gasteiger charge is -2.33. The van der Waals surface area contributed by atoms with Crippen LogP contribution in [0.25, 0.3) is 22.3 Å². The number of fused-ring (bicyclic) bond motifs is 1. The van der Waals surface area contributed by atoms with E-state index in [-0.39, 0.29) is 19.3 Å². The monoisotopic (exact) mass is 409 g/mol. The highest BCUT2D eigenvalue weighted by atomic mass is 35.5.